The monoisotopic (exact) mass is 359 g/mol. The average molecular weight is 360 g/mol. The highest BCUT2D eigenvalue weighted by Gasteiger charge is 2.16. The molecule has 25 heavy (non-hydrogen) atoms. The van der Waals surface area contributed by atoms with Crippen LogP contribution in [0.1, 0.15) is 35.5 Å². The molecule has 1 aliphatic heterocycles. The molecule has 2 aromatic rings. The Labute approximate surface area is 153 Å². The van der Waals surface area contributed by atoms with Gasteiger partial charge in [0, 0.05) is 30.8 Å². The van der Waals surface area contributed by atoms with E-state index in [0.29, 0.717) is 22.0 Å². The summed E-state index contributed by atoms with van der Waals surface area (Å²) in [5, 5.41) is 3.31. The molecule has 132 valence electrons. The van der Waals surface area contributed by atoms with E-state index in [1.54, 1.807) is 24.4 Å². The van der Waals surface area contributed by atoms with Gasteiger partial charge in [0.05, 0.1) is 23.0 Å². The lowest BCUT2D eigenvalue weighted by atomic mass is 10.1. The number of amides is 1. The summed E-state index contributed by atoms with van der Waals surface area (Å²) in [4.78, 5) is 19.2. The largest absolute Gasteiger partial charge is 0.489 e. The molecule has 0 radical (unpaired) electrons. The van der Waals surface area contributed by atoms with Crippen LogP contribution in [0.2, 0.25) is 5.02 Å². The van der Waals surface area contributed by atoms with Crippen LogP contribution in [0, 0.1) is 0 Å². The second kappa shape index (κ2) is 7.42. The SMILES string of the molecule is CC(C)Oc1ccc(C(=O)Nc2cnc3c(c2)CN(C)CC3)cc1Cl. The third kappa shape index (κ3) is 4.30. The maximum atomic E-state index is 12.5. The van der Waals surface area contributed by atoms with Crippen LogP contribution in [0.4, 0.5) is 5.69 Å². The minimum Gasteiger partial charge on any atom is -0.489 e. The van der Waals surface area contributed by atoms with Gasteiger partial charge in [0.25, 0.3) is 5.91 Å². The number of fused-ring (bicyclic) bond motifs is 1. The zero-order valence-corrected chi connectivity index (χ0v) is 15.4. The number of nitrogens with one attached hydrogen (secondary N) is 1. The van der Waals surface area contributed by atoms with Crippen LogP contribution in [0.3, 0.4) is 0 Å². The number of likely N-dealkylation sites (N-methyl/N-ethyl adjacent to an activating group) is 1. The summed E-state index contributed by atoms with van der Waals surface area (Å²) >= 11 is 6.21. The van der Waals surface area contributed by atoms with Crippen molar-refractivity contribution in [2.75, 3.05) is 18.9 Å². The standard InChI is InChI=1S/C19H22ClN3O2/c1-12(2)25-18-5-4-13(9-16(18)20)19(24)22-15-8-14-11-23(3)7-6-17(14)21-10-15/h4-5,8-10,12H,6-7,11H2,1-3H3,(H,22,24). The number of benzene rings is 1. The first-order chi connectivity index (χ1) is 11.9. The van der Waals surface area contributed by atoms with E-state index < -0.39 is 0 Å². The Morgan fingerprint density at radius 1 is 1.36 bits per heavy atom. The molecule has 1 N–H and O–H groups in total. The lowest BCUT2D eigenvalue weighted by Gasteiger charge is -2.24. The molecule has 0 bridgehead atoms. The van der Waals surface area contributed by atoms with Crippen molar-refractivity contribution >= 4 is 23.2 Å². The molecule has 0 saturated carbocycles. The highest BCUT2D eigenvalue weighted by Crippen LogP contribution is 2.27. The molecule has 0 spiro atoms. The zero-order chi connectivity index (χ0) is 18.0. The van der Waals surface area contributed by atoms with E-state index in [-0.39, 0.29) is 12.0 Å². The quantitative estimate of drug-likeness (QED) is 0.903. The first-order valence-corrected chi connectivity index (χ1v) is 8.74. The summed E-state index contributed by atoms with van der Waals surface area (Å²) in [6.45, 7) is 5.71. The third-order valence-corrected chi connectivity index (χ3v) is 4.34. The number of aromatic nitrogens is 1. The van der Waals surface area contributed by atoms with Crippen molar-refractivity contribution in [1.82, 2.24) is 9.88 Å². The van der Waals surface area contributed by atoms with Gasteiger partial charge in [-0.25, -0.2) is 0 Å². The van der Waals surface area contributed by atoms with Crippen LogP contribution in [-0.2, 0) is 13.0 Å². The molecule has 1 aromatic carbocycles. The number of hydrogen-bond acceptors (Lipinski definition) is 4. The van der Waals surface area contributed by atoms with E-state index in [9.17, 15) is 4.79 Å². The van der Waals surface area contributed by atoms with E-state index in [2.05, 4.69) is 22.2 Å². The summed E-state index contributed by atoms with van der Waals surface area (Å²) in [5.41, 5.74) is 3.44. The van der Waals surface area contributed by atoms with Gasteiger partial charge in [0.2, 0.25) is 0 Å². The number of carbonyl (C=O) groups excluding carboxylic acids is 1. The van der Waals surface area contributed by atoms with Crippen molar-refractivity contribution in [3.05, 3.63) is 52.3 Å². The zero-order valence-electron chi connectivity index (χ0n) is 14.7. The molecule has 0 aliphatic carbocycles. The third-order valence-electron chi connectivity index (χ3n) is 4.05. The van der Waals surface area contributed by atoms with Gasteiger partial charge in [0.15, 0.2) is 0 Å². The van der Waals surface area contributed by atoms with E-state index >= 15 is 0 Å². The van der Waals surface area contributed by atoms with Crippen molar-refractivity contribution in [2.45, 2.75) is 32.9 Å². The maximum Gasteiger partial charge on any atom is 0.255 e. The van der Waals surface area contributed by atoms with Gasteiger partial charge < -0.3 is 15.0 Å². The van der Waals surface area contributed by atoms with Crippen LogP contribution < -0.4 is 10.1 Å². The lowest BCUT2D eigenvalue weighted by Crippen LogP contribution is -2.27. The number of pyridine rings is 1. The predicted molar refractivity (Wildman–Crippen MR) is 99.4 cm³/mol. The topological polar surface area (TPSA) is 54.5 Å². The van der Waals surface area contributed by atoms with Gasteiger partial charge >= 0.3 is 0 Å². The van der Waals surface area contributed by atoms with Crippen molar-refractivity contribution in [1.29, 1.82) is 0 Å². The molecule has 0 unspecified atom stereocenters. The first kappa shape index (κ1) is 17.7. The molecule has 0 saturated heterocycles. The second-order valence-electron chi connectivity index (χ2n) is 6.58. The van der Waals surface area contributed by atoms with Crippen molar-refractivity contribution in [3.8, 4) is 5.75 Å². The number of anilines is 1. The molecular weight excluding hydrogens is 338 g/mol. The van der Waals surface area contributed by atoms with Gasteiger partial charge in [-0.3, -0.25) is 9.78 Å². The fraction of sp³-hybridized carbons (Fsp3) is 0.368. The Hall–Kier alpha value is -2.11. The number of hydrogen-bond donors (Lipinski definition) is 1. The second-order valence-corrected chi connectivity index (χ2v) is 6.99. The highest BCUT2D eigenvalue weighted by atomic mass is 35.5. The molecule has 2 heterocycles. The molecule has 1 aliphatic rings. The molecule has 3 rings (SSSR count). The fourth-order valence-electron chi connectivity index (χ4n) is 2.83. The van der Waals surface area contributed by atoms with E-state index in [4.69, 9.17) is 16.3 Å². The van der Waals surface area contributed by atoms with Gasteiger partial charge in [-0.15, -0.1) is 0 Å². The number of nitrogens with zero attached hydrogens (tertiary/aromatic N) is 2. The van der Waals surface area contributed by atoms with Crippen molar-refractivity contribution in [3.63, 3.8) is 0 Å². The minimum absolute atomic E-state index is 0.0249. The molecule has 6 heteroatoms. The molecule has 0 atom stereocenters. The maximum absolute atomic E-state index is 12.5. The van der Waals surface area contributed by atoms with E-state index in [1.807, 2.05) is 19.9 Å². The molecule has 1 amide bonds. The Kier molecular flexibility index (Phi) is 5.25. The Balaban J connectivity index is 1.74. The average Bonchev–Trinajstić information content (AvgIpc) is 2.56. The Morgan fingerprint density at radius 2 is 2.16 bits per heavy atom. The molecule has 5 nitrogen and oxygen atoms in total. The van der Waals surface area contributed by atoms with Crippen molar-refractivity contribution in [2.24, 2.45) is 0 Å². The highest BCUT2D eigenvalue weighted by molar-refractivity contribution is 6.32. The van der Waals surface area contributed by atoms with Crippen LogP contribution in [-0.4, -0.2) is 35.5 Å². The minimum atomic E-state index is -0.219. The number of halogens is 1. The van der Waals surface area contributed by atoms with Gasteiger partial charge in [-0.1, -0.05) is 11.6 Å². The number of carbonyl (C=O) groups is 1. The predicted octanol–water partition coefficient (Wildman–Crippen LogP) is 3.76. The molecule has 1 aromatic heterocycles. The van der Waals surface area contributed by atoms with Gasteiger partial charge in [-0.2, -0.15) is 0 Å². The molecular formula is C19H22ClN3O2. The number of rotatable bonds is 4. The number of ether oxygens (including phenoxy) is 1. The van der Waals surface area contributed by atoms with Crippen LogP contribution in [0.5, 0.6) is 5.75 Å². The summed E-state index contributed by atoms with van der Waals surface area (Å²) in [6, 6.07) is 7.04. The van der Waals surface area contributed by atoms with Gasteiger partial charge in [0.1, 0.15) is 5.75 Å². The molecule has 0 fully saturated rings. The smallest absolute Gasteiger partial charge is 0.255 e. The Morgan fingerprint density at radius 3 is 2.88 bits per heavy atom. The van der Waals surface area contributed by atoms with Crippen LogP contribution in [0.25, 0.3) is 0 Å². The lowest BCUT2D eigenvalue weighted by molar-refractivity contribution is 0.102. The van der Waals surface area contributed by atoms with E-state index in [1.165, 1.54) is 0 Å². The summed E-state index contributed by atoms with van der Waals surface area (Å²) in [5.74, 6) is 0.357. The normalized spacial score (nSPS) is 14.3. The Bertz CT molecular complexity index is 792. The summed E-state index contributed by atoms with van der Waals surface area (Å²) < 4.78 is 5.59. The van der Waals surface area contributed by atoms with Crippen LogP contribution in [0.15, 0.2) is 30.5 Å². The van der Waals surface area contributed by atoms with Crippen molar-refractivity contribution < 1.29 is 9.53 Å². The fourth-order valence-corrected chi connectivity index (χ4v) is 3.06. The summed E-state index contributed by atoms with van der Waals surface area (Å²) in [7, 11) is 2.08. The van der Waals surface area contributed by atoms with Gasteiger partial charge in [-0.05, 0) is 50.7 Å². The van der Waals surface area contributed by atoms with Crippen LogP contribution >= 0.6 is 11.6 Å². The first-order valence-electron chi connectivity index (χ1n) is 8.36. The van der Waals surface area contributed by atoms with E-state index in [0.717, 1.165) is 30.8 Å². The summed E-state index contributed by atoms with van der Waals surface area (Å²) in [6.07, 6.45) is 2.67.